The summed E-state index contributed by atoms with van der Waals surface area (Å²) >= 11 is 0. The van der Waals surface area contributed by atoms with E-state index in [1.165, 1.54) is 38.5 Å². The minimum absolute atomic E-state index is 0.293. The molecule has 0 aromatic carbocycles. The van der Waals surface area contributed by atoms with Crippen molar-refractivity contribution in [3.05, 3.63) is 0 Å². The highest BCUT2D eigenvalue weighted by Gasteiger charge is 2.22. The van der Waals surface area contributed by atoms with Gasteiger partial charge in [0.2, 0.25) is 0 Å². The number of nitrogens with zero attached hydrogens (tertiary/aromatic N) is 2. The lowest BCUT2D eigenvalue weighted by atomic mass is 10.1. The number of hydrogen-bond acceptors (Lipinski definition) is 4. The molecule has 1 saturated heterocycles. The van der Waals surface area contributed by atoms with Crippen molar-refractivity contribution in [1.29, 1.82) is 0 Å². The number of hydrogen-bond donors (Lipinski definition) is 1. The summed E-state index contributed by atoms with van der Waals surface area (Å²) < 4.78 is 6.09. The molecule has 2 fully saturated rings. The molecule has 0 bridgehead atoms. The van der Waals surface area contributed by atoms with E-state index in [1.54, 1.807) is 0 Å². The fourth-order valence-electron chi connectivity index (χ4n) is 3.61. The zero-order valence-corrected chi connectivity index (χ0v) is 13.8. The molecule has 1 aliphatic heterocycles. The van der Waals surface area contributed by atoms with Crippen LogP contribution in [0.4, 0.5) is 0 Å². The molecule has 2 aliphatic rings. The van der Waals surface area contributed by atoms with E-state index in [-0.39, 0.29) is 0 Å². The third-order valence-corrected chi connectivity index (χ3v) is 5.17. The predicted molar refractivity (Wildman–Crippen MR) is 86.6 cm³/mol. The minimum atomic E-state index is 0.293. The first-order valence-electron chi connectivity index (χ1n) is 9.02. The average molecular weight is 298 g/mol. The van der Waals surface area contributed by atoms with Gasteiger partial charge in [-0.15, -0.1) is 0 Å². The van der Waals surface area contributed by atoms with Crippen LogP contribution in [0.25, 0.3) is 0 Å². The van der Waals surface area contributed by atoms with Crippen LogP contribution in [-0.4, -0.2) is 73.0 Å². The van der Waals surface area contributed by atoms with E-state index in [2.05, 4.69) is 16.7 Å². The van der Waals surface area contributed by atoms with Crippen LogP contribution in [0.2, 0.25) is 0 Å². The van der Waals surface area contributed by atoms with Crippen LogP contribution in [-0.2, 0) is 4.74 Å². The Morgan fingerprint density at radius 3 is 2.29 bits per heavy atom. The summed E-state index contributed by atoms with van der Waals surface area (Å²) in [7, 11) is 0. The molecule has 0 aromatic heterocycles. The first-order valence-corrected chi connectivity index (χ1v) is 9.02. The van der Waals surface area contributed by atoms with E-state index < -0.39 is 0 Å². The van der Waals surface area contributed by atoms with Crippen molar-refractivity contribution in [3.8, 4) is 0 Å². The molecule has 1 heterocycles. The maximum absolute atomic E-state index is 9.38. The Labute approximate surface area is 130 Å². The van der Waals surface area contributed by atoms with Gasteiger partial charge in [-0.3, -0.25) is 9.80 Å². The van der Waals surface area contributed by atoms with Gasteiger partial charge in [0.05, 0.1) is 19.3 Å². The third kappa shape index (κ3) is 5.85. The molecule has 4 nitrogen and oxygen atoms in total. The molecule has 1 unspecified atom stereocenters. The topological polar surface area (TPSA) is 35.9 Å². The predicted octanol–water partition coefficient (Wildman–Crippen LogP) is 2.11. The lowest BCUT2D eigenvalue weighted by molar-refractivity contribution is 0.0120. The first kappa shape index (κ1) is 17.2. The molecule has 1 aliphatic carbocycles. The molecule has 0 aromatic rings. The Bertz CT molecular complexity index is 256. The highest BCUT2D eigenvalue weighted by atomic mass is 16.5. The van der Waals surface area contributed by atoms with E-state index in [9.17, 15) is 5.11 Å². The van der Waals surface area contributed by atoms with Crippen LogP contribution in [0.3, 0.4) is 0 Å². The van der Waals surface area contributed by atoms with E-state index in [0.717, 1.165) is 45.8 Å². The Morgan fingerprint density at radius 2 is 1.71 bits per heavy atom. The van der Waals surface area contributed by atoms with E-state index in [0.29, 0.717) is 18.8 Å². The fourth-order valence-corrected chi connectivity index (χ4v) is 3.61. The van der Waals surface area contributed by atoms with Gasteiger partial charge in [0.25, 0.3) is 0 Å². The highest BCUT2D eigenvalue weighted by molar-refractivity contribution is 4.77. The Morgan fingerprint density at radius 1 is 1.05 bits per heavy atom. The van der Waals surface area contributed by atoms with Gasteiger partial charge in [-0.1, -0.05) is 32.6 Å². The SMILES string of the molecule is CCC(CO)N1CCN(CCOC2CCCCCC2)CC1. The largest absolute Gasteiger partial charge is 0.395 e. The van der Waals surface area contributed by atoms with Crippen molar-refractivity contribution < 1.29 is 9.84 Å². The number of aliphatic hydroxyl groups excluding tert-OH is 1. The Balaban J connectivity index is 1.58. The molecule has 1 saturated carbocycles. The molecular formula is C17H34N2O2. The second kappa shape index (κ2) is 9.78. The minimum Gasteiger partial charge on any atom is -0.395 e. The lowest BCUT2D eigenvalue weighted by Crippen LogP contribution is -2.51. The standard InChI is InChI=1S/C17H34N2O2/c1-2-16(15-20)19-11-9-18(10-12-19)13-14-21-17-7-5-3-4-6-8-17/h16-17,20H,2-15H2,1H3. The normalized spacial score (nSPS) is 24.9. The highest BCUT2D eigenvalue weighted by Crippen LogP contribution is 2.19. The number of piperazine rings is 1. The summed E-state index contributed by atoms with van der Waals surface area (Å²) in [5.74, 6) is 0. The van der Waals surface area contributed by atoms with E-state index >= 15 is 0 Å². The molecule has 0 radical (unpaired) electrons. The molecule has 0 amide bonds. The van der Waals surface area contributed by atoms with Crippen LogP contribution >= 0.6 is 0 Å². The van der Waals surface area contributed by atoms with Crippen LogP contribution < -0.4 is 0 Å². The van der Waals surface area contributed by atoms with Gasteiger partial charge in [-0.2, -0.15) is 0 Å². The molecule has 1 atom stereocenters. The van der Waals surface area contributed by atoms with Crippen molar-refractivity contribution in [2.24, 2.45) is 0 Å². The summed E-state index contributed by atoms with van der Waals surface area (Å²) in [4.78, 5) is 4.94. The maximum atomic E-state index is 9.38. The molecule has 2 rings (SSSR count). The third-order valence-electron chi connectivity index (χ3n) is 5.17. The fraction of sp³-hybridized carbons (Fsp3) is 1.00. The number of ether oxygens (including phenoxy) is 1. The zero-order valence-electron chi connectivity index (χ0n) is 13.8. The van der Waals surface area contributed by atoms with Crippen molar-refractivity contribution in [1.82, 2.24) is 9.80 Å². The van der Waals surface area contributed by atoms with Crippen molar-refractivity contribution in [2.45, 2.75) is 64.0 Å². The van der Waals surface area contributed by atoms with Gasteiger partial charge >= 0.3 is 0 Å². The monoisotopic (exact) mass is 298 g/mol. The first-order chi connectivity index (χ1) is 10.3. The molecule has 1 N–H and O–H groups in total. The molecule has 0 spiro atoms. The zero-order chi connectivity index (χ0) is 14.9. The van der Waals surface area contributed by atoms with Gasteiger partial charge < -0.3 is 9.84 Å². The van der Waals surface area contributed by atoms with Gasteiger partial charge in [-0.25, -0.2) is 0 Å². The summed E-state index contributed by atoms with van der Waals surface area (Å²) in [6, 6.07) is 0.356. The molecule has 4 heteroatoms. The Hall–Kier alpha value is -0.160. The summed E-state index contributed by atoms with van der Waals surface area (Å²) in [6.45, 7) is 8.82. The van der Waals surface area contributed by atoms with Crippen LogP contribution in [0.15, 0.2) is 0 Å². The summed E-state index contributed by atoms with van der Waals surface area (Å²) in [5.41, 5.74) is 0. The molecular weight excluding hydrogens is 264 g/mol. The van der Waals surface area contributed by atoms with Gasteiger partial charge in [0.1, 0.15) is 0 Å². The second-order valence-electron chi connectivity index (χ2n) is 6.61. The Kier molecular flexibility index (Phi) is 8.01. The van der Waals surface area contributed by atoms with Crippen molar-refractivity contribution >= 4 is 0 Å². The van der Waals surface area contributed by atoms with E-state index in [1.807, 2.05) is 0 Å². The van der Waals surface area contributed by atoms with E-state index in [4.69, 9.17) is 4.74 Å². The average Bonchev–Trinajstić information content (AvgIpc) is 2.79. The molecule has 124 valence electrons. The smallest absolute Gasteiger partial charge is 0.0597 e. The maximum Gasteiger partial charge on any atom is 0.0597 e. The van der Waals surface area contributed by atoms with Gasteiger partial charge in [0.15, 0.2) is 0 Å². The van der Waals surface area contributed by atoms with Crippen LogP contribution in [0, 0.1) is 0 Å². The van der Waals surface area contributed by atoms with Crippen LogP contribution in [0.5, 0.6) is 0 Å². The number of aliphatic hydroxyl groups is 1. The summed E-state index contributed by atoms with van der Waals surface area (Å²) in [5, 5.41) is 9.38. The quantitative estimate of drug-likeness (QED) is 0.730. The number of rotatable bonds is 7. The summed E-state index contributed by atoms with van der Waals surface area (Å²) in [6.07, 6.45) is 9.59. The second-order valence-corrected chi connectivity index (χ2v) is 6.61. The van der Waals surface area contributed by atoms with Crippen molar-refractivity contribution in [3.63, 3.8) is 0 Å². The van der Waals surface area contributed by atoms with Gasteiger partial charge in [-0.05, 0) is 19.3 Å². The lowest BCUT2D eigenvalue weighted by Gasteiger charge is -2.38. The van der Waals surface area contributed by atoms with Crippen LogP contribution in [0.1, 0.15) is 51.9 Å². The molecule has 21 heavy (non-hydrogen) atoms. The van der Waals surface area contributed by atoms with Gasteiger partial charge in [0, 0.05) is 38.8 Å². The van der Waals surface area contributed by atoms with Crippen molar-refractivity contribution in [2.75, 3.05) is 45.9 Å².